The van der Waals surface area contributed by atoms with Gasteiger partial charge in [-0.15, -0.1) is 29.3 Å². The zero-order chi connectivity index (χ0) is 74.1. The van der Waals surface area contributed by atoms with Crippen LogP contribution in [0.3, 0.4) is 0 Å². The van der Waals surface area contributed by atoms with E-state index in [0.29, 0.717) is 73.1 Å². The number of carbonyl (C=O) groups excluding carboxylic acids is 1. The maximum absolute atomic E-state index is 13.7. The Morgan fingerprint density at radius 2 is 0.889 bits per heavy atom. The van der Waals surface area contributed by atoms with Gasteiger partial charge in [0.15, 0.2) is 4.30 Å². The second kappa shape index (κ2) is 65.0. The molecule has 0 aliphatic carbocycles. The average Bonchev–Trinajstić information content (AvgIpc) is 0.883. The molecule has 6 aromatic carbocycles. The van der Waals surface area contributed by atoms with Crippen LogP contribution in [0.5, 0.6) is 69.0 Å². The fraction of sp³-hybridized carbons (Fsp3) is 0.431. The molecular weight excluding hydrogens is 1550 g/mol. The molecule has 6 aromatic rings. The average molecular weight is 1640 g/mol. The van der Waals surface area contributed by atoms with Crippen LogP contribution >= 0.6 is 86.7 Å². The van der Waals surface area contributed by atoms with E-state index in [1.807, 2.05) is 27.7 Å². The molecule has 16 nitrogen and oxygen atoms in total. The number of halogens is 14. The summed E-state index contributed by atoms with van der Waals surface area (Å²) in [6.07, 6.45) is 2.56. The number of ether oxygens (including phenoxy) is 12. The molecule has 1 saturated heterocycles. The molecule has 2 N–H and O–H groups in total. The smallest absolute Gasteiger partial charge is 1.00 e. The second-order valence-corrected chi connectivity index (χ2v) is 22.9. The van der Waals surface area contributed by atoms with E-state index in [0.717, 1.165) is 13.2 Å². The van der Waals surface area contributed by atoms with Crippen molar-refractivity contribution in [1.29, 1.82) is 0 Å². The molecule has 0 unspecified atom stereocenters. The molecule has 1 aliphatic rings. The molecule has 99 heavy (non-hydrogen) atoms. The summed E-state index contributed by atoms with van der Waals surface area (Å²) in [5.74, 6) is 2.21. The Morgan fingerprint density at radius 3 is 1.20 bits per heavy atom. The molecule has 0 spiro atoms. The Bertz CT molecular complexity index is 2980. The van der Waals surface area contributed by atoms with Gasteiger partial charge in [0.2, 0.25) is 0 Å². The minimum absolute atomic E-state index is 0. The molecule has 0 saturated carbocycles. The van der Waals surface area contributed by atoms with Crippen molar-refractivity contribution in [2.45, 2.75) is 90.0 Å². The molecule has 0 bridgehead atoms. The van der Waals surface area contributed by atoms with Crippen LogP contribution in [-0.2, 0) is 15.1 Å². The van der Waals surface area contributed by atoms with E-state index in [1.165, 1.54) is 173 Å². The first-order chi connectivity index (χ1) is 44.5. The molecule has 7 rings (SSSR count). The third-order valence-corrected chi connectivity index (χ3v) is 11.7. The predicted molar refractivity (Wildman–Crippen MR) is 379 cm³/mol. The van der Waals surface area contributed by atoms with Crippen LogP contribution in [0.4, 0.5) is 26.3 Å². The maximum Gasteiger partial charge on any atom is 2.00 e. The summed E-state index contributed by atoms with van der Waals surface area (Å²) in [6.45, 7) is 15.6. The van der Waals surface area contributed by atoms with Crippen molar-refractivity contribution in [1.82, 2.24) is 0 Å². The third kappa shape index (κ3) is 51.1. The van der Waals surface area contributed by atoms with E-state index >= 15 is 0 Å². The van der Waals surface area contributed by atoms with Crippen molar-refractivity contribution in [2.75, 3.05) is 96.8 Å². The van der Waals surface area contributed by atoms with Crippen molar-refractivity contribution in [3.63, 3.8) is 0 Å². The molecule has 1 fully saturated rings. The van der Waals surface area contributed by atoms with Gasteiger partial charge in [-0.1, -0.05) is 74.6 Å². The Morgan fingerprint density at radius 1 is 0.576 bits per heavy atom. The number of Topliss-reactive ketones (excluding diaryl/α,β-unsaturated/α-hetero) is 1. The number of hydrogen-bond donors (Lipinski definition) is 3. The van der Waals surface area contributed by atoms with Gasteiger partial charge in [-0.3, -0.25) is 0 Å². The number of nitrogens with zero attached hydrogens (tertiary/aromatic N) is 1. The van der Waals surface area contributed by atoms with Crippen molar-refractivity contribution in [3.05, 3.63) is 141 Å². The summed E-state index contributed by atoms with van der Waals surface area (Å²) in [7, 11) is 20.5. The van der Waals surface area contributed by atoms with Crippen LogP contribution in [0.2, 0.25) is 0 Å². The Balaban J connectivity index is -0.000000158. The van der Waals surface area contributed by atoms with Gasteiger partial charge >= 0.3 is 66.7 Å². The van der Waals surface area contributed by atoms with Gasteiger partial charge in [0.05, 0.1) is 99.2 Å². The number of carbonyl (C=O) groups is 1. The molecule has 34 heteroatoms. The standard InChI is InChI=1S/C11H15FO3.C11H15FO2.C10H13FO2.C8H8BrFO2.C8H9FO2.C8H8FO2.C4H8O.C3H6O.CHCl3.CH2Cl2.BHNS.2ClH.Li.Mg/c1-11(2,13)10-8(12)5-7(14-3)6-9(10)15-4;1-7(2)11-9(12)5-8(13-3)6-10(11)14-4;1-6(2)10-8(11)4-7(13-3)5-9(10)12;1-11-5-3-6(10)8(9)7(4-5)12-2;2*1-10-7-3-6(9)4-8(5-7)11-2;1-2-4-5-3-1;1-3(2)4;2-1(3)4;2-1-3;1-2-3;;;;/h5-6,13H,1-4H3;5-7H,1-4H3;4-6,12H,1-3H3;3-4H,1-2H3;3-5H,1-2H3;3,5H,1-2H3;1-4H2;1-2H3;1H;1H2;3H;2*1H;;/q;;;;;-1;;;;;;;;+1;+2/p-2. The normalized spacial score (nSPS) is 9.97. The number of benzene rings is 6. The molecule has 1 radical (unpaired) electrons. The van der Waals surface area contributed by atoms with Gasteiger partial charge in [-0.05, 0) is 68.3 Å². The van der Waals surface area contributed by atoms with Crippen molar-refractivity contribution < 1.29 is 142 Å². The topological polar surface area (TPSA) is 181 Å². The van der Waals surface area contributed by atoms with Crippen LogP contribution in [-0.4, -0.2) is 148 Å². The molecule has 551 valence electrons. The van der Waals surface area contributed by atoms with Crippen molar-refractivity contribution in [2.24, 2.45) is 4.30 Å². The van der Waals surface area contributed by atoms with Crippen LogP contribution in [0.1, 0.15) is 96.8 Å². The first-order valence-electron chi connectivity index (χ1n) is 27.6. The van der Waals surface area contributed by atoms with Crippen LogP contribution in [0, 0.1) is 41.0 Å². The van der Waals surface area contributed by atoms with Gasteiger partial charge in [-0.2, -0.15) is 0 Å². The van der Waals surface area contributed by atoms with E-state index in [4.69, 9.17) is 115 Å². The van der Waals surface area contributed by atoms with Crippen molar-refractivity contribution >= 4 is 123 Å². The molecular formula is C65H86BBrCl7F6LiMgNO15S. The first kappa shape index (κ1) is 111. The van der Waals surface area contributed by atoms with Crippen LogP contribution in [0.15, 0.2) is 87.6 Å². The number of rotatable bonds is 14. The summed E-state index contributed by atoms with van der Waals surface area (Å²) < 4.78 is 140. The van der Waals surface area contributed by atoms with Crippen LogP contribution < -0.4 is 95.8 Å². The van der Waals surface area contributed by atoms with E-state index in [1.54, 1.807) is 24.3 Å². The van der Waals surface area contributed by atoms with E-state index < -0.39 is 33.2 Å². The first-order valence-corrected chi connectivity index (χ1v) is 31.1. The van der Waals surface area contributed by atoms with Crippen molar-refractivity contribution in [3.8, 4) is 69.0 Å². The summed E-state index contributed by atoms with van der Waals surface area (Å²) in [5, 5.41) is 19.4. The van der Waals surface area contributed by atoms with Gasteiger partial charge in [0.1, 0.15) is 92.4 Å². The number of aliphatic hydroxyl groups is 1. The maximum atomic E-state index is 13.7. The molecule has 0 aromatic heterocycles. The fourth-order valence-corrected chi connectivity index (χ4v) is 7.31. The zero-order valence-corrected chi connectivity index (χ0v) is 68.1. The summed E-state index contributed by atoms with van der Waals surface area (Å²) in [6, 6.07) is 20.8. The number of ketones is 1. The van der Waals surface area contributed by atoms with E-state index in [9.17, 15) is 41.4 Å². The SMILES string of the molecule is C1CCOC1.CC(C)=O.COc1[c-]c(F)cc(OC)c1.COc1cc(F)c(Br)c(OC)c1.COc1cc(F)c(C(C)(C)O)c(OC)c1.COc1cc(F)c(C(C)C)c(OC)c1.COc1cc(F)cc(OC)c1.COc1cc(O)c(C(C)C)c(F)c1.ClC(Cl)Cl.ClCCl.[B]=NS.[Cl-].[Cl-].[Li+].[Mg+2]. The fourth-order valence-electron chi connectivity index (χ4n) is 6.92. The molecule has 1 heterocycles. The number of thiol groups is 1. The van der Waals surface area contributed by atoms with E-state index in [-0.39, 0.29) is 118 Å². The number of phenolic OH excluding ortho intramolecular Hbond substituents is 1. The van der Waals surface area contributed by atoms with Gasteiger partial charge in [-0.25, -0.2) is 26.3 Å². The predicted octanol–water partition coefficient (Wildman–Crippen LogP) is 9.41. The number of phenols is 1. The molecule has 0 amide bonds. The quantitative estimate of drug-likeness (QED) is 0.0308. The number of aromatic hydroxyl groups is 1. The Kier molecular flexibility index (Phi) is 72.9. The minimum atomic E-state index is -1.29. The minimum Gasteiger partial charge on any atom is -1.00 e. The van der Waals surface area contributed by atoms with Crippen LogP contribution in [0.25, 0.3) is 0 Å². The largest absolute Gasteiger partial charge is 2.00 e. The Labute approximate surface area is 660 Å². The zero-order valence-electron chi connectivity index (χ0n) is 58.9. The molecule has 1 aliphatic heterocycles. The second-order valence-electron chi connectivity index (χ2n) is 19.1. The van der Waals surface area contributed by atoms with Gasteiger partial charge in [0, 0.05) is 108 Å². The number of hydrogen-bond acceptors (Lipinski definition) is 17. The third-order valence-electron chi connectivity index (χ3n) is 10.9. The Hall–Kier alpha value is -3.82. The number of alkyl halides is 5. The van der Waals surface area contributed by atoms with Gasteiger partial charge in [0.25, 0.3) is 0 Å². The number of methoxy groups -OCH3 is 11. The summed E-state index contributed by atoms with van der Waals surface area (Å²) in [4.78, 5) is 9.44. The monoisotopic (exact) mass is 1630 g/mol. The molecule has 0 atom stereocenters. The van der Waals surface area contributed by atoms with E-state index in [2.05, 4.69) is 46.8 Å². The summed E-state index contributed by atoms with van der Waals surface area (Å²) in [5.41, 5.74) is -0.235. The summed E-state index contributed by atoms with van der Waals surface area (Å²) >= 11 is 30.2. The van der Waals surface area contributed by atoms with Gasteiger partial charge < -0.3 is 96.7 Å².